The average molecular weight is 240 g/mol. The van der Waals surface area contributed by atoms with Crippen molar-refractivity contribution in [1.82, 2.24) is 0 Å². The highest BCUT2D eigenvalue weighted by Gasteiger charge is 0.836. The van der Waals surface area contributed by atoms with E-state index in [1.165, 1.54) is 7.05 Å². The van der Waals surface area contributed by atoms with Gasteiger partial charge in [-0.15, -0.1) is 41.0 Å². The van der Waals surface area contributed by atoms with Crippen molar-refractivity contribution in [3.63, 3.8) is 0 Å². The molecule has 0 saturated carbocycles. The third kappa shape index (κ3) is 10.9. The summed E-state index contributed by atoms with van der Waals surface area (Å²) in [4.78, 5) is 0. The van der Waals surface area contributed by atoms with E-state index in [-0.39, 0.29) is 41.0 Å². The van der Waals surface area contributed by atoms with Crippen LogP contribution in [0.2, 0.25) is 0 Å². The lowest BCUT2D eigenvalue weighted by Crippen LogP contribution is -1.69. The highest BCUT2D eigenvalue weighted by Crippen LogP contribution is 0.886. The van der Waals surface area contributed by atoms with Gasteiger partial charge in [-0.3, -0.25) is 0 Å². The Bertz CT molecular complexity index is 8.00. The molecular weight excluding hydrogens is 233 g/mol. The van der Waals surface area contributed by atoms with E-state index < -0.39 is 0 Å². The topological polar surface area (TPSA) is 26.0 Å². The molecule has 2 N–H and O–H groups in total. The van der Waals surface area contributed by atoms with E-state index in [0.717, 1.165) is 0 Å². The fraction of sp³-hybridized carbons (Fsp3) is 1.00. The SMILES string of the molecule is Br.CN.I. The van der Waals surface area contributed by atoms with Crippen LogP contribution in [-0.4, -0.2) is 7.05 Å². The van der Waals surface area contributed by atoms with Gasteiger partial charge in [0, 0.05) is 0 Å². The Labute approximate surface area is 53.7 Å². The summed E-state index contributed by atoms with van der Waals surface area (Å²) in [5.41, 5.74) is 4.50. The first-order valence-electron chi connectivity index (χ1n) is 0.577. The third-order valence-electron chi connectivity index (χ3n) is 0. The summed E-state index contributed by atoms with van der Waals surface area (Å²) < 4.78 is 0. The molecule has 0 atom stereocenters. The van der Waals surface area contributed by atoms with Crippen LogP contribution in [0.1, 0.15) is 0 Å². The molecule has 30 valence electrons. The predicted molar refractivity (Wildman–Crippen MR) is 35.8 cm³/mol. The molecule has 0 saturated heterocycles. The molecule has 0 spiro atoms. The molecule has 0 aliphatic carbocycles. The van der Waals surface area contributed by atoms with Crippen LogP contribution in [0.3, 0.4) is 0 Å². The normalized spacial score (nSPS) is 1.50. The summed E-state index contributed by atoms with van der Waals surface area (Å²) in [6.07, 6.45) is 0. The van der Waals surface area contributed by atoms with E-state index in [4.69, 9.17) is 0 Å². The number of hydrogen-bond acceptors (Lipinski definition) is 1. The van der Waals surface area contributed by atoms with Crippen molar-refractivity contribution in [3.8, 4) is 0 Å². The van der Waals surface area contributed by atoms with Crippen LogP contribution in [0.25, 0.3) is 0 Å². The van der Waals surface area contributed by atoms with E-state index in [0.29, 0.717) is 0 Å². The van der Waals surface area contributed by atoms with Gasteiger partial charge in [-0.2, -0.15) is 0 Å². The Morgan fingerprint density at radius 1 is 1.25 bits per heavy atom. The summed E-state index contributed by atoms with van der Waals surface area (Å²) in [5.74, 6) is 0. The first kappa shape index (κ1) is 19.1. The van der Waals surface area contributed by atoms with Crippen molar-refractivity contribution >= 4 is 41.0 Å². The molecule has 1 nitrogen and oxygen atoms in total. The zero-order valence-corrected chi connectivity index (χ0v) is 6.44. The van der Waals surface area contributed by atoms with Crippen molar-refractivity contribution in [2.24, 2.45) is 5.73 Å². The Morgan fingerprint density at radius 3 is 1.25 bits per heavy atom. The predicted octanol–water partition coefficient (Wildman–Crippen LogP) is 0.771. The quantitative estimate of drug-likeness (QED) is 0.621. The molecule has 0 radical (unpaired) electrons. The monoisotopic (exact) mass is 239 g/mol. The number of hydrogen-bond donors (Lipinski definition) is 1. The highest BCUT2D eigenvalue weighted by atomic mass is 127. The average Bonchev–Trinajstić information content (AvgIpc) is 1.00. The molecule has 0 fully saturated rings. The standard InChI is InChI=1S/CH5N.BrH.HI/c1-2;;/h2H2,1H3;2*1H. The lowest BCUT2D eigenvalue weighted by atomic mass is 11.6. The van der Waals surface area contributed by atoms with E-state index in [2.05, 4.69) is 5.73 Å². The molecule has 0 aliphatic rings. The minimum Gasteiger partial charge on any atom is -0.333 e. The first-order valence-corrected chi connectivity index (χ1v) is 0.577. The molecule has 0 aromatic rings. The van der Waals surface area contributed by atoms with E-state index >= 15 is 0 Å². The lowest BCUT2D eigenvalue weighted by Gasteiger charge is -1.19. The van der Waals surface area contributed by atoms with E-state index in [1.54, 1.807) is 0 Å². The summed E-state index contributed by atoms with van der Waals surface area (Å²) in [5, 5.41) is 0. The molecule has 4 heavy (non-hydrogen) atoms. The fourth-order valence-corrected chi connectivity index (χ4v) is 0. The Morgan fingerprint density at radius 2 is 1.25 bits per heavy atom. The molecular formula is CH7BrIN. The van der Waals surface area contributed by atoms with Crippen LogP contribution in [0.4, 0.5) is 0 Å². The molecule has 0 bridgehead atoms. The second-order valence-electron chi connectivity index (χ2n) is 0. The summed E-state index contributed by atoms with van der Waals surface area (Å²) in [6, 6.07) is 0. The molecule has 0 aliphatic heterocycles. The van der Waals surface area contributed by atoms with Crippen LogP contribution in [0.15, 0.2) is 0 Å². The van der Waals surface area contributed by atoms with E-state index in [1.807, 2.05) is 0 Å². The van der Waals surface area contributed by atoms with Crippen LogP contribution in [0, 0.1) is 0 Å². The van der Waals surface area contributed by atoms with Gasteiger partial charge >= 0.3 is 0 Å². The van der Waals surface area contributed by atoms with Gasteiger partial charge in [0.05, 0.1) is 0 Å². The molecule has 0 aromatic carbocycles. The first-order chi connectivity index (χ1) is 1.00. The molecule has 0 amide bonds. The van der Waals surface area contributed by atoms with Crippen molar-refractivity contribution in [2.45, 2.75) is 0 Å². The second kappa shape index (κ2) is 30.6. The van der Waals surface area contributed by atoms with Crippen molar-refractivity contribution in [1.29, 1.82) is 0 Å². The maximum atomic E-state index is 4.50. The smallest absolute Gasteiger partial charge is 0.0195 e. The number of halogens is 2. The van der Waals surface area contributed by atoms with Gasteiger partial charge in [-0.1, -0.05) is 0 Å². The second-order valence-corrected chi connectivity index (χ2v) is 0. The Hall–Kier alpha value is 1.17. The lowest BCUT2D eigenvalue weighted by molar-refractivity contribution is 1.48. The van der Waals surface area contributed by atoms with Crippen molar-refractivity contribution < 1.29 is 0 Å². The highest BCUT2D eigenvalue weighted by molar-refractivity contribution is 14.0. The van der Waals surface area contributed by atoms with Gasteiger partial charge in [0.15, 0.2) is 0 Å². The van der Waals surface area contributed by atoms with Crippen LogP contribution in [0.5, 0.6) is 0 Å². The molecule has 0 aromatic heterocycles. The zero-order valence-electron chi connectivity index (χ0n) is 2.39. The van der Waals surface area contributed by atoms with E-state index in [9.17, 15) is 0 Å². The molecule has 0 unspecified atom stereocenters. The Kier molecular flexibility index (Phi) is 146. The van der Waals surface area contributed by atoms with Gasteiger partial charge < -0.3 is 5.73 Å². The minimum absolute atomic E-state index is 0. The summed E-state index contributed by atoms with van der Waals surface area (Å²) in [7, 11) is 1.50. The summed E-state index contributed by atoms with van der Waals surface area (Å²) in [6.45, 7) is 0. The molecule has 0 heterocycles. The van der Waals surface area contributed by atoms with Gasteiger partial charge in [0.2, 0.25) is 0 Å². The van der Waals surface area contributed by atoms with Crippen LogP contribution < -0.4 is 5.73 Å². The number of rotatable bonds is 0. The Balaban J connectivity index is -0.00000000500. The van der Waals surface area contributed by atoms with Gasteiger partial charge in [-0.05, 0) is 7.05 Å². The van der Waals surface area contributed by atoms with Crippen LogP contribution in [-0.2, 0) is 0 Å². The molecule has 0 rings (SSSR count). The fourth-order valence-electron chi connectivity index (χ4n) is 0. The third-order valence-corrected chi connectivity index (χ3v) is 0. The number of nitrogens with two attached hydrogens (primary N) is 1. The van der Waals surface area contributed by atoms with Gasteiger partial charge in [-0.25, -0.2) is 0 Å². The maximum Gasteiger partial charge on any atom is -0.0195 e. The van der Waals surface area contributed by atoms with Crippen molar-refractivity contribution in [2.75, 3.05) is 7.05 Å². The zero-order chi connectivity index (χ0) is 2.00. The van der Waals surface area contributed by atoms with Crippen molar-refractivity contribution in [3.05, 3.63) is 0 Å². The van der Waals surface area contributed by atoms with Crippen LogP contribution >= 0.6 is 41.0 Å². The minimum atomic E-state index is 0. The molecule has 3 heteroatoms. The van der Waals surface area contributed by atoms with Gasteiger partial charge in [0.25, 0.3) is 0 Å². The largest absolute Gasteiger partial charge is 0.333 e. The maximum absolute atomic E-state index is 4.50. The summed E-state index contributed by atoms with van der Waals surface area (Å²) >= 11 is 0. The van der Waals surface area contributed by atoms with Gasteiger partial charge in [0.1, 0.15) is 0 Å².